The van der Waals surface area contributed by atoms with E-state index in [0.29, 0.717) is 24.7 Å². The van der Waals surface area contributed by atoms with E-state index >= 15 is 0 Å². The van der Waals surface area contributed by atoms with Gasteiger partial charge in [-0.3, -0.25) is 9.78 Å². The topological polar surface area (TPSA) is 109 Å². The molecular weight excluding hydrogens is 418 g/mol. The van der Waals surface area contributed by atoms with Crippen molar-refractivity contribution in [1.82, 2.24) is 29.8 Å². The Labute approximate surface area is 190 Å². The first-order valence-corrected chi connectivity index (χ1v) is 11.3. The number of ether oxygens (including phenoxy) is 1. The van der Waals surface area contributed by atoms with Gasteiger partial charge in [0.1, 0.15) is 11.8 Å². The number of anilines is 1. The highest BCUT2D eigenvalue weighted by Gasteiger charge is 2.41. The van der Waals surface area contributed by atoms with Crippen LogP contribution >= 0.6 is 0 Å². The van der Waals surface area contributed by atoms with Crippen molar-refractivity contribution in [3.63, 3.8) is 0 Å². The van der Waals surface area contributed by atoms with E-state index in [0.717, 1.165) is 46.1 Å². The summed E-state index contributed by atoms with van der Waals surface area (Å²) < 4.78 is 5.67. The number of aromatic amines is 1. The summed E-state index contributed by atoms with van der Waals surface area (Å²) in [6.07, 6.45) is 5.12. The number of rotatable bonds is 4. The summed E-state index contributed by atoms with van der Waals surface area (Å²) in [6.45, 7) is 5.27. The minimum absolute atomic E-state index is 0.0860. The fourth-order valence-corrected chi connectivity index (χ4v) is 5.19. The SMILES string of the molecule is Cc1nc([C@H](C)Nc2ncnc3nc[nH]c23)cc2cccc(C(=O)N3C4CCC3COC4)c12. The van der Waals surface area contributed by atoms with Crippen LogP contribution in [-0.2, 0) is 4.74 Å². The standard InChI is InChI=1S/C24H25N7O2/c1-13(30-23-21-22(26-11-25-21)27-12-28-23)19-8-15-4-3-5-18(20(15)14(2)29-19)24(32)31-16-6-7-17(31)10-33-9-16/h3-5,8,11-13,16-17H,6-7,9-10H2,1-2H3,(H2,25,26,27,28,30)/t13-,16?,17?/m0/s1. The molecule has 3 aromatic heterocycles. The van der Waals surface area contributed by atoms with Gasteiger partial charge < -0.3 is 19.9 Å². The van der Waals surface area contributed by atoms with Crippen LogP contribution in [0.25, 0.3) is 21.9 Å². The van der Waals surface area contributed by atoms with Gasteiger partial charge in [0.25, 0.3) is 5.91 Å². The number of amides is 1. The van der Waals surface area contributed by atoms with Crippen molar-refractivity contribution < 1.29 is 9.53 Å². The summed E-state index contributed by atoms with van der Waals surface area (Å²) in [5, 5.41) is 5.34. The summed E-state index contributed by atoms with van der Waals surface area (Å²) >= 11 is 0. The zero-order valence-corrected chi connectivity index (χ0v) is 18.6. The van der Waals surface area contributed by atoms with Crippen molar-refractivity contribution in [3.05, 3.63) is 53.9 Å². The van der Waals surface area contributed by atoms with Crippen molar-refractivity contribution in [2.75, 3.05) is 18.5 Å². The van der Waals surface area contributed by atoms with E-state index in [4.69, 9.17) is 9.72 Å². The summed E-state index contributed by atoms with van der Waals surface area (Å²) in [5.74, 6) is 0.763. The van der Waals surface area contributed by atoms with Crippen LogP contribution in [0.5, 0.6) is 0 Å². The van der Waals surface area contributed by atoms with Crippen LogP contribution in [0, 0.1) is 6.92 Å². The second-order valence-electron chi connectivity index (χ2n) is 8.86. The van der Waals surface area contributed by atoms with Crippen LogP contribution in [0.4, 0.5) is 5.82 Å². The number of hydrogen-bond acceptors (Lipinski definition) is 7. The molecule has 9 heteroatoms. The Morgan fingerprint density at radius 3 is 2.85 bits per heavy atom. The first kappa shape index (κ1) is 20.0. The highest BCUT2D eigenvalue weighted by Crippen LogP contribution is 2.33. The van der Waals surface area contributed by atoms with Crippen LogP contribution in [0.2, 0.25) is 0 Å². The number of H-pyrrole nitrogens is 1. The maximum atomic E-state index is 13.6. The van der Waals surface area contributed by atoms with Crippen LogP contribution in [0.15, 0.2) is 36.9 Å². The maximum Gasteiger partial charge on any atom is 0.255 e. The van der Waals surface area contributed by atoms with Gasteiger partial charge >= 0.3 is 0 Å². The third kappa shape index (κ3) is 3.31. The van der Waals surface area contributed by atoms with Crippen molar-refractivity contribution in [3.8, 4) is 0 Å². The summed E-state index contributed by atoms with van der Waals surface area (Å²) in [6, 6.07) is 8.22. The van der Waals surface area contributed by atoms with Gasteiger partial charge in [0.15, 0.2) is 11.5 Å². The molecule has 33 heavy (non-hydrogen) atoms. The zero-order chi connectivity index (χ0) is 22.5. The second kappa shape index (κ2) is 7.77. The molecule has 1 amide bonds. The van der Waals surface area contributed by atoms with E-state index in [-0.39, 0.29) is 24.0 Å². The molecule has 168 valence electrons. The van der Waals surface area contributed by atoms with E-state index in [1.54, 1.807) is 6.33 Å². The summed E-state index contributed by atoms with van der Waals surface area (Å²) in [7, 11) is 0. The average Bonchev–Trinajstić information content (AvgIpc) is 3.40. The summed E-state index contributed by atoms with van der Waals surface area (Å²) in [5.41, 5.74) is 3.81. The quantitative estimate of drug-likeness (QED) is 0.498. The predicted molar refractivity (Wildman–Crippen MR) is 124 cm³/mol. The molecule has 4 aromatic rings. The number of nitrogens with one attached hydrogen (secondary N) is 2. The molecule has 2 bridgehead atoms. The lowest BCUT2D eigenvalue weighted by atomic mass is 10.00. The first-order valence-electron chi connectivity index (χ1n) is 11.3. The van der Waals surface area contributed by atoms with Gasteiger partial charge in [-0.2, -0.15) is 0 Å². The predicted octanol–water partition coefficient (Wildman–Crippen LogP) is 3.39. The Morgan fingerprint density at radius 1 is 1.21 bits per heavy atom. The number of aromatic nitrogens is 5. The minimum atomic E-state index is -0.107. The molecule has 6 rings (SSSR count). The molecule has 3 atom stereocenters. The molecule has 0 spiro atoms. The molecule has 5 heterocycles. The summed E-state index contributed by atoms with van der Waals surface area (Å²) in [4.78, 5) is 36.3. The number of fused-ring (bicyclic) bond motifs is 4. The molecule has 2 saturated heterocycles. The Morgan fingerprint density at radius 2 is 2.03 bits per heavy atom. The Bertz CT molecular complexity index is 1350. The number of hydrogen-bond donors (Lipinski definition) is 2. The molecule has 2 unspecified atom stereocenters. The molecule has 2 N–H and O–H groups in total. The number of imidazole rings is 1. The Kier molecular flexibility index (Phi) is 4.72. The van der Waals surface area contributed by atoms with Crippen LogP contribution in [0.1, 0.15) is 47.6 Å². The monoisotopic (exact) mass is 443 g/mol. The number of nitrogens with zero attached hydrogens (tertiary/aromatic N) is 5. The molecule has 9 nitrogen and oxygen atoms in total. The smallest absolute Gasteiger partial charge is 0.255 e. The lowest BCUT2D eigenvalue weighted by Gasteiger charge is -2.35. The lowest BCUT2D eigenvalue weighted by Crippen LogP contribution is -2.49. The fraction of sp³-hybridized carbons (Fsp3) is 0.375. The second-order valence-corrected chi connectivity index (χ2v) is 8.86. The van der Waals surface area contributed by atoms with Gasteiger partial charge in [-0.05, 0) is 44.2 Å². The van der Waals surface area contributed by atoms with Gasteiger partial charge in [0.05, 0.1) is 43.4 Å². The number of morpholine rings is 1. The molecule has 2 aliphatic heterocycles. The largest absolute Gasteiger partial charge is 0.377 e. The number of pyridine rings is 1. The molecule has 1 aromatic carbocycles. The van der Waals surface area contributed by atoms with Crippen molar-refractivity contribution in [2.24, 2.45) is 0 Å². The van der Waals surface area contributed by atoms with Crippen molar-refractivity contribution in [2.45, 2.75) is 44.8 Å². The first-order chi connectivity index (χ1) is 16.1. The molecule has 0 saturated carbocycles. The maximum absolute atomic E-state index is 13.6. The third-order valence-corrected chi connectivity index (χ3v) is 6.78. The van der Waals surface area contributed by atoms with E-state index in [1.807, 2.05) is 36.9 Å². The van der Waals surface area contributed by atoms with Crippen LogP contribution in [-0.4, -0.2) is 61.0 Å². The van der Waals surface area contributed by atoms with Crippen molar-refractivity contribution >= 4 is 33.7 Å². The van der Waals surface area contributed by atoms with Gasteiger partial charge in [0.2, 0.25) is 0 Å². The van der Waals surface area contributed by atoms with Crippen LogP contribution < -0.4 is 5.32 Å². The third-order valence-electron chi connectivity index (χ3n) is 6.78. The fourth-order valence-electron chi connectivity index (χ4n) is 5.19. The van der Waals surface area contributed by atoms with E-state index < -0.39 is 0 Å². The van der Waals surface area contributed by atoms with Crippen molar-refractivity contribution in [1.29, 1.82) is 0 Å². The van der Waals surface area contributed by atoms with E-state index in [2.05, 4.69) is 31.3 Å². The molecular formula is C24H25N7O2. The molecule has 2 fully saturated rings. The molecule has 0 aliphatic carbocycles. The minimum Gasteiger partial charge on any atom is -0.377 e. The molecule has 0 radical (unpaired) electrons. The van der Waals surface area contributed by atoms with Crippen LogP contribution in [0.3, 0.4) is 0 Å². The zero-order valence-electron chi connectivity index (χ0n) is 18.6. The van der Waals surface area contributed by atoms with Gasteiger partial charge in [0, 0.05) is 16.6 Å². The average molecular weight is 444 g/mol. The van der Waals surface area contributed by atoms with Gasteiger partial charge in [-0.1, -0.05) is 12.1 Å². The Balaban J connectivity index is 1.34. The number of aryl methyl sites for hydroxylation is 1. The number of benzene rings is 1. The highest BCUT2D eigenvalue weighted by atomic mass is 16.5. The highest BCUT2D eigenvalue weighted by molar-refractivity contribution is 6.08. The number of carbonyl (C=O) groups excluding carboxylic acids is 1. The van der Waals surface area contributed by atoms with Gasteiger partial charge in [-0.25, -0.2) is 15.0 Å². The lowest BCUT2D eigenvalue weighted by molar-refractivity contribution is -0.00705. The number of carbonyl (C=O) groups is 1. The molecule has 2 aliphatic rings. The normalized spacial score (nSPS) is 21.0. The van der Waals surface area contributed by atoms with E-state index in [9.17, 15) is 4.79 Å². The van der Waals surface area contributed by atoms with Gasteiger partial charge in [-0.15, -0.1) is 0 Å². The van der Waals surface area contributed by atoms with E-state index in [1.165, 1.54) is 6.33 Å². The Hall–Kier alpha value is -3.59.